The largest absolute Gasteiger partial charge is 0.481 e. The van der Waals surface area contributed by atoms with Gasteiger partial charge in [-0.05, 0) is 56.2 Å². The third-order valence-electron chi connectivity index (χ3n) is 4.34. The Hall–Kier alpha value is -4.01. The van der Waals surface area contributed by atoms with Gasteiger partial charge in [0.2, 0.25) is 5.89 Å². The van der Waals surface area contributed by atoms with Gasteiger partial charge in [0.1, 0.15) is 11.3 Å². The second-order valence-corrected chi connectivity index (χ2v) is 6.67. The molecule has 9 nitrogen and oxygen atoms in total. The number of rotatable bonds is 6. The topological polar surface area (TPSA) is 120 Å². The molecule has 0 unspecified atom stereocenters. The molecule has 4 aromatic rings. The zero-order valence-corrected chi connectivity index (χ0v) is 16.5. The van der Waals surface area contributed by atoms with Crippen molar-refractivity contribution in [1.82, 2.24) is 19.9 Å². The third kappa shape index (κ3) is 3.90. The number of aryl methyl sites for hydroxylation is 3. The molecule has 4 rings (SSSR count). The average molecular weight is 406 g/mol. The number of hydrogen-bond acceptors (Lipinski definition) is 8. The zero-order valence-electron chi connectivity index (χ0n) is 16.5. The number of pyridine rings is 1. The van der Waals surface area contributed by atoms with Crippen molar-refractivity contribution in [3.63, 3.8) is 0 Å². The summed E-state index contributed by atoms with van der Waals surface area (Å²) in [5, 5.41) is 8.82. The van der Waals surface area contributed by atoms with Crippen molar-refractivity contribution in [2.24, 2.45) is 0 Å². The Morgan fingerprint density at radius 3 is 2.60 bits per heavy atom. The van der Waals surface area contributed by atoms with E-state index in [9.17, 15) is 4.79 Å². The summed E-state index contributed by atoms with van der Waals surface area (Å²) >= 11 is 0. The predicted octanol–water partition coefficient (Wildman–Crippen LogP) is 3.86. The van der Waals surface area contributed by atoms with E-state index in [0.717, 1.165) is 22.4 Å². The molecule has 9 heteroatoms. The molecule has 1 aromatic carbocycles. The third-order valence-corrected chi connectivity index (χ3v) is 4.34. The number of carboxylic acids is 1. The molecule has 1 N–H and O–H groups in total. The smallest absolute Gasteiger partial charge is 0.341 e. The number of oxazole rings is 1. The first kappa shape index (κ1) is 19.3. The first-order valence-corrected chi connectivity index (χ1v) is 9.10. The van der Waals surface area contributed by atoms with Gasteiger partial charge in [0, 0.05) is 11.8 Å². The van der Waals surface area contributed by atoms with Crippen LogP contribution in [0.1, 0.15) is 16.8 Å². The summed E-state index contributed by atoms with van der Waals surface area (Å²) in [6, 6.07) is 7.31. The maximum atomic E-state index is 10.8. The first-order valence-electron chi connectivity index (χ1n) is 9.10. The summed E-state index contributed by atoms with van der Waals surface area (Å²) < 4.78 is 16.9. The SMILES string of the molecule is Cc1cc(-c2nc3cnc(Oc4cccnc4C)nc3o2)cc(C)c1OCC(=O)O. The fourth-order valence-electron chi connectivity index (χ4n) is 3.00. The Labute approximate surface area is 171 Å². The number of ether oxygens (including phenoxy) is 2. The summed E-state index contributed by atoms with van der Waals surface area (Å²) in [6.07, 6.45) is 3.21. The van der Waals surface area contributed by atoms with E-state index in [2.05, 4.69) is 19.9 Å². The fourth-order valence-corrected chi connectivity index (χ4v) is 3.00. The molecular weight excluding hydrogens is 388 g/mol. The highest BCUT2D eigenvalue weighted by molar-refractivity contribution is 5.73. The molecule has 0 aliphatic carbocycles. The van der Waals surface area contributed by atoms with E-state index >= 15 is 0 Å². The van der Waals surface area contributed by atoms with Crippen LogP contribution in [0.2, 0.25) is 0 Å². The Kier molecular flexibility index (Phi) is 5.01. The van der Waals surface area contributed by atoms with Gasteiger partial charge in [0.05, 0.1) is 11.9 Å². The van der Waals surface area contributed by atoms with Crippen LogP contribution < -0.4 is 9.47 Å². The van der Waals surface area contributed by atoms with Crippen molar-refractivity contribution < 1.29 is 23.8 Å². The molecule has 152 valence electrons. The van der Waals surface area contributed by atoms with Crippen molar-refractivity contribution in [2.75, 3.05) is 6.61 Å². The summed E-state index contributed by atoms with van der Waals surface area (Å²) in [4.78, 5) is 27.8. The van der Waals surface area contributed by atoms with E-state index in [-0.39, 0.29) is 11.7 Å². The second kappa shape index (κ2) is 7.78. The Morgan fingerprint density at radius 2 is 1.90 bits per heavy atom. The Bertz CT molecular complexity index is 1230. The lowest BCUT2D eigenvalue weighted by Crippen LogP contribution is -2.10. The van der Waals surface area contributed by atoms with Crippen molar-refractivity contribution in [3.05, 3.63) is 53.5 Å². The lowest BCUT2D eigenvalue weighted by molar-refractivity contribution is -0.139. The second-order valence-electron chi connectivity index (χ2n) is 6.67. The molecule has 0 aliphatic rings. The normalized spacial score (nSPS) is 10.9. The van der Waals surface area contributed by atoms with Crippen molar-refractivity contribution in [3.8, 4) is 29.0 Å². The quantitative estimate of drug-likeness (QED) is 0.509. The lowest BCUT2D eigenvalue weighted by atomic mass is 10.1. The molecular formula is C21H18N4O5. The van der Waals surface area contributed by atoms with E-state index in [1.165, 1.54) is 6.20 Å². The minimum Gasteiger partial charge on any atom is -0.481 e. The average Bonchev–Trinajstić information content (AvgIpc) is 3.12. The van der Waals surface area contributed by atoms with Gasteiger partial charge in [0.25, 0.3) is 5.71 Å². The number of carboxylic acid groups (broad SMARTS) is 1. The van der Waals surface area contributed by atoms with Gasteiger partial charge in [0.15, 0.2) is 12.4 Å². The number of benzene rings is 1. The van der Waals surface area contributed by atoms with E-state index in [1.807, 2.05) is 32.9 Å². The van der Waals surface area contributed by atoms with Gasteiger partial charge in [-0.15, -0.1) is 0 Å². The summed E-state index contributed by atoms with van der Waals surface area (Å²) in [6.45, 7) is 5.09. The van der Waals surface area contributed by atoms with E-state index in [4.69, 9.17) is 19.0 Å². The van der Waals surface area contributed by atoms with Gasteiger partial charge in [-0.25, -0.2) is 14.8 Å². The van der Waals surface area contributed by atoms with Crippen molar-refractivity contribution in [1.29, 1.82) is 0 Å². The summed E-state index contributed by atoms with van der Waals surface area (Å²) in [5.41, 5.74) is 3.76. The maximum Gasteiger partial charge on any atom is 0.341 e. The number of carbonyl (C=O) groups is 1. The van der Waals surface area contributed by atoms with Gasteiger partial charge < -0.3 is 19.0 Å². The predicted molar refractivity (Wildman–Crippen MR) is 107 cm³/mol. The van der Waals surface area contributed by atoms with Crippen LogP contribution in [-0.4, -0.2) is 37.6 Å². The number of nitrogens with zero attached hydrogens (tertiary/aromatic N) is 4. The maximum absolute atomic E-state index is 10.8. The molecule has 0 bridgehead atoms. The van der Waals surface area contributed by atoms with Crippen LogP contribution in [0, 0.1) is 20.8 Å². The first-order chi connectivity index (χ1) is 14.4. The highest BCUT2D eigenvalue weighted by atomic mass is 16.5. The number of fused-ring (bicyclic) bond motifs is 1. The molecule has 0 aliphatic heterocycles. The molecule has 3 heterocycles. The van der Waals surface area contributed by atoms with Crippen LogP contribution in [-0.2, 0) is 4.79 Å². The highest BCUT2D eigenvalue weighted by Crippen LogP contribution is 2.31. The van der Waals surface area contributed by atoms with E-state index < -0.39 is 12.6 Å². The van der Waals surface area contributed by atoms with Crippen molar-refractivity contribution >= 4 is 17.2 Å². The molecule has 0 saturated heterocycles. The minimum atomic E-state index is -1.03. The lowest BCUT2D eigenvalue weighted by Gasteiger charge is -2.11. The molecule has 30 heavy (non-hydrogen) atoms. The van der Waals surface area contributed by atoms with Crippen LogP contribution in [0.25, 0.3) is 22.7 Å². The van der Waals surface area contributed by atoms with Gasteiger partial charge in [-0.1, -0.05) is 0 Å². The molecule has 0 amide bonds. The van der Waals surface area contributed by atoms with Gasteiger partial charge >= 0.3 is 12.0 Å². The Morgan fingerprint density at radius 1 is 1.13 bits per heavy atom. The van der Waals surface area contributed by atoms with E-state index in [1.54, 1.807) is 18.3 Å². The number of aliphatic carboxylic acids is 1. The van der Waals surface area contributed by atoms with Crippen LogP contribution in [0.5, 0.6) is 17.5 Å². The minimum absolute atomic E-state index is 0.131. The monoisotopic (exact) mass is 406 g/mol. The molecule has 0 spiro atoms. The molecule has 3 aromatic heterocycles. The standard InChI is InChI=1S/C21H18N4O5/c1-11-7-14(8-12(2)18(11)28-10-17(26)27)19-24-15-9-23-21(25-20(15)30-19)29-16-5-4-6-22-13(16)3/h4-9H,10H2,1-3H3,(H,26,27). The zero-order chi connectivity index (χ0) is 21.3. The molecule has 0 saturated carbocycles. The summed E-state index contributed by atoms with van der Waals surface area (Å²) in [7, 11) is 0. The van der Waals surface area contributed by atoms with Crippen LogP contribution in [0.4, 0.5) is 0 Å². The Balaban J connectivity index is 1.64. The molecule has 0 atom stereocenters. The highest BCUT2D eigenvalue weighted by Gasteiger charge is 2.15. The van der Waals surface area contributed by atoms with E-state index in [0.29, 0.717) is 22.9 Å². The molecule has 0 radical (unpaired) electrons. The van der Waals surface area contributed by atoms with Crippen LogP contribution >= 0.6 is 0 Å². The fraction of sp³-hybridized carbons (Fsp3) is 0.190. The summed E-state index contributed by atoms with van der Waals surface area (Å²) in [5.74, 6) is 0.416. The number of hydrogen-bond donors (Lipinski definition) is 1. The number of aromatic nitrogens is 4. The molecule has 0 fully saturated rings. The van der Waals surface area contributed by atoms with Crippen molar-refractivity contribution in [2.45, 2.75) is 20.8 Å². The van der Waals surface area contributed by atoms with Gasteiger partial charge in [-0.3, -0.25) is 4.98 Å². The van der Waals surface area contributed by atoms with Crippen LogP contribution in [0.3, 0.4) is 0 Å². The van der Waals surface area contributed by atoms with Gasteiger partial charge in [-0.2, -0.15) is 4.98 Å². The van der Waals surface area contributed by atoms with Crippen LogP contribution in [0.15, 0.2) is 41.1 Å².